The van der Waals surface area contributed by atoms with E-state index in [4.69, 9.17) is 9.84 Å². The number of ether oxygens (including phenoxy) is 1. The lowest BCUT2D eigenvalue weighted by Gasteiger charge is -2.38. The molecule has 1 aliphatic rings. The predicted octanol–water partition coefficient (Wildman–Crippen LogP) is 5.43. The number of rotatable bonds is 16. The molecule has 132 valence electrons. The normalized spacial score (nSPS) is 16.6. The standard InChI is InChI=1S/C19H38O2S/c1-19(17-21-18-19)13-10-8-6-4-2-3-5-7-9-11-15-22-16-12-14-20/h20H,2-18H2,1H3. The highest BCUT2D eigenvalue weighted by atomic mass is 32.2. The Kier molecular flexibility index (Phi) is 12.6. The van der Waals surface area contributed by atoms with E-state index >= 15 is 0 Å². The molecule has 1 rings (SSSR count). The fraction of sp³-hybridized carbons (Fsp3) is 1.00. The van der Waals surface area contributed by atoms with Crippen molar-refractivity contribution in [1.82, 2.24) is 0 Å². The number of unbranched alkanes of at least 4 members (excludes halogenated alkanes) is 9. The van der Waals surface area contributed by atoms with Gasteiger partial charge in [0.1, 0.15) is 0 Å². The molecule has 2 nitrogen and oxygen atoms in total. The third-order valence-corrected chi connectivity index (χ3v) is 5.82. The molecule has 0 unspecified atom stereocenters. The summed E-state index contributed by atoms with van der Waals surface area (Å²) in [5.74, 6) is 2.41. The second-order valence-electron chi connectivity index (χ2n) is 7.28. The van der Waals surface area contributed by atoms with Crippen LogP contribution in [0.5, 0.6) is 0 Å². The quantitative estimate of drug-likeness (QED) is 0.383. The van der Waals surface area contributed by atoms with Crippen LogP contribution in [0.4, 0.5) is 0 Å². The minimum Gasteiger partial charge on any atom is -0.396 e. The molecule has 22 heavy (non-hydrogen) atoms. The van der Waals surface area contributed by atoms with Crippen LogP contribution in [-0.4, -0.2) is 36.4 Å². The van der Waals surface area contributed by atoms with Crippen LogP contribution < -0.4 is 0 Å². The molecule has 0 amide bonds. The molecule has 1 fully saturated rings. The Morgan fingerprint density at radius 2 is 1.27 bits per heavy atom. The van der Waals surface area contributed by atoms with Gasteiger partial charge in [-0.2, -0.15) is 11.8 Å². The Morgan fingerprint density at radius 3 is 1.77 bits per heavy atom. The number of hydrogen-bond donors (Lipinski definition) is 1. The molecule has 0 bridgehead atoms. The lowest BCUT2D eigenvalue weighted by atomic mass is 9.83. The first-order chi connectivity index (χ1) is 10.8. The molecule has 0 spiro atoms. The van der Waals surface area contributed by atoms with E-state index in [0.29, 0.717) is 12.0 Å². The summed E-state index contributed by atoms with van der Waals surface area (Å²) in [6, 6.07) is 0. The molecule has 0 aliphatic carbocycles. The maximum absolute atomic E-state index is 8.69. The predicted molar refractivity (Wildman–Crippen MR) is 98.7 cm³/mol. The highest BCUT2D eigenvalue weighted by molar-refractivity contribution is 7.99. The van der Waals surface area contributed by atoms with E-state index < -0.39 is 0 Å². The molecule has 0 aromatic rings. The highest BCUT2D eigenvalue weighted by Gasteiger charge is 2.32. The van der Waals surface area contributed by atoms with Crippen molar-refractivity contribution in [3.8, 4) is 0 Å². The van der Waals surface area contributed by atoms with Crippen molar-refractivity contribution in [3.05, 3.63) is 0 Å². The van der Waals surface area contributed by atoms with Crippen LogP contribution >= 0.6 is 11.8 Å². The molecule has 1 aliphatic heterocycles. The third-order valence-electron chi connectivity index (χ3n) is 4.67. The van der Waals surface area contributed by atoms with Crippen molar-refractivity contribution in [2.75, 3.05) is 31.3 Å². The molecule has 3 heteroatoms. The van der Waals surface area contributed by atoms with Gasteiger partial charge in [-0.3, -0.25) is 0 Å². The van der Waals surface area contributed by atoms with Gasteiger partial charge in [0.15, 0.2) is 0 Å². The molecule has 1 saturated heterocycles. The Morgan fingerprint density at radius 1 is 0.773 bits per heavy atom. The van der Waals surface area contributed by atoms with Crippen LogP contribution in [0.15, 0.2) is 0 Å². The Bertz CT molecular complexity index is 242. The van der Waals surface area contributed by atoms with Gasteiger partial charge in [0.05, 0.1) is 13.2 Å². The molecule has 1 N–H and O–H groups in total. The summed E-state index contributed by atoms with van der Waals surface area (Å²) in [7, 11) is 0. The summed E-state index contributed by atoms with van der Waals surface area (Å²) in [5, 5.41) is 8.69. The smallest absolute Gasteiger partial charge is 0.0542 e. The van der Waals surface area contributed by atoms with E-state index in [2.05, 4.69) is 6.92 Å². The maximum atomic E-state index is 8.69. The number of aliphatic hydroxyl groups is 1. The average Bonchev–Trinajstić information content (AvgIpc) is 2.49. The van der Waals surface area contributed by atoms with Crippen molar-refractivity contribution in [1.29, 1.82) is 0 Å². The van der Waals surface area contributed by atoms with Crippen LogP contribution in [0.2, 0.25) is 0 Å². The average molecular weight is 331 g/mol. The van der Waals surface area contributed by atoms with Crippen molar-refractivity contribution in [2.24, 2.45) is 5.41 Å². The van der Waals surface area contributed by atoms with E-state index in [1.807, 2.05) is 11.8 Å². The fourth-order valence-electron chi connectivity index (χ4n) is 3.03. The molecule has 0 aromatic heterocycles. The first-order valence-corrected chi connectivity index (χ1v) is 10.7. The highest BCUT2D eigenvalue weighted by Crippen LogP contribution is 2.32. The molecule has 0 aromatic carbocycles. The summed E-state index contributed by atoms with van der Waals surface area (Å²) in [6.45, 7) is 4.70. The second-order valence-corrected chi connectivity index (χ2v) is 8.50. The van der Waals surface area contributed by atoms with Gasteiger partial charge in [0.2, 0.25) is 0 Å². The zero-order chi connectivity index (χ0) is 15.9. The zero-order valence-corrected chi connectivity index (χ0v) is 15.6. The van der Waals surface area contributed by atoms with E-state index in [0.717, 1.165) is 25.4 Å². The summed E-state index contributed by atoms with van der Waals surface area (Å²) in [4.78, 5) is 0. The number of hydrogen-bond acceptors (Lipinski definition) is 3. The number of thioether (sulfide) groups is 1. The van der Waals surface area contributed by atoms with Gasteiger partial charge in [0.25, 0.3) is 0 Å². The maximum Gasteiger partial charge on any atom is 0.0542 e. The van der Waals surface area contributed by atoms with Crippen LogP contribution in [0.3, 0.4) is 0 Å². The van der Waals surface area contributed by atoms with Gasteiger partial charge in [-0.1, -0.05) is 64.7 Å². The van der Waals surface area contributed by atoms with Crippen molar-refractivity contribution in [3.63, 3.8) is 0 Å². The van der Waals surface area contributed by atoms with Gasteiger partial charge in [-0.25, -0.2) is 0 Å². The Labute approximate surface area is 142 Å². The summed E-state index contributed by atoms with van der Waals surface area (Å²) in [5.41, 5.74) is 0.524. The Balaban J connectivity index is 1.66. The lowest BCUT2D eigenvalue weighted by molar-refractivity contribution is -0.106. The largest absolute Gasteiger partial charge is 0.396 e. The first kappa shape index (κ1) is 20.3. The molecule has 0 atom stereocenters. The van der Waals surface area contributed by atoms with Gasteiger partial charge < -0.3 is 9.84 Å². The van der Waals surface area contributed by atoms with Gasteiger partial charge in [0, 0.05) is 12.0 Å². The molecule has 0 saturated carbocycles. The first-order valence-electron chi connectivity index (χ1n) is 9.53. The SMILES string of the molecule is CC1(CCCCCCCCCCCCSCCCO)COC1. The summed E-state index contributed by atoms with van der Waals surface area (Å²) in [6.07, 6.45) is 16.5. The second kappa shape index (κ2) is 13.7. The van der Waals surface area contributed by atoms with E-state index in [1.54, 1.807) is 0 Å². The lowest BCUT2D eigenvalue weighted by Crippen LogP contribution is -2.39. The Hall–Kier alpha value is 0.270. The van der Waals surface area contributed by atoms with E-state index in [1.165, 1.54) is 76.4 Å². The minimum absolute atomic E-state index is 0.348. The summed E-state index contributed by atoms with van der Waals surface area (Å²) >= 11 is 2.00. The fourth-order valence-corrected chi connectivity index (χ4v) is 3.98. The van der Waals surface area contributed by atoms with Crippen LogP contribution in [0, 0.1) is 5.41 Å². The van der Waals surface area contributed by atoms with Crippen LogP contribution in [-0.2, 0) is 4.74 Å². The zero-order valence-electron chi connectivity index (χ0n) is 14.8. The molecular formula is C19H38O2S. The third kappa shape index (κ3) is 10.9. The van der Waals surface area contributed by atoms with Gasteiger partial charge >= 0.3 is 0 Å². The van der Waals surface area contributed by atoms with Crippen LogP contribution in [0.1, 0.15) is 84.0 Å². The van der Waals surface area contributed by atoms with E-state index in [-0.39, 0.29) is 0 Å². The van der Waals surface area contributed by atoms with Gasteiger partial charge in [-0.15, -0.1) is 0 Å². The van der Waals surface area contributed by atoms with Crippen molar-refractivity contribution in [2.45, 2.75) is 84.0 Å². The molecule has 0 radical (unpaired) electrons. The summed E-state index contributed by atoms with van der Waals surface area (Å²) < 4.78 is 5.30. The molecule has 1 heterocycles. The minimum atomic E-state index is 0.348. The van der Waals surface area contributed by atoms with Crippen molar-refractivity contribution >= 4 is 11.8 Å². The number of aliphatic hydroxyl groups excluding tert-OH is 1. The topological polar surface area (TPSA) is 29.5 Å². The van der Waals surface area contributed by atoms with Gasteiger partial charge in [-0.05, 0) is 30.8 Å². The van der Waals surface area contributed by atoms with Crippen LogP contribution in [0.25, 0.3) is 0 Å². The van der Waals surface area contributed by atoms with Crippen molar-refractivity contribution < 1.29 is 9.84 Å². The monoisotopic (exact) mass is 330 g/mol. The molecular weight excluding hydrogens is 292 g/mol. The van der Waals surface area contributed by atoms with E-state index in [9.17, 15) is 0 Å².